The molecule has 0 spiro atoms. The Kier molecular flexibility index (Phi) is 4.64. The SMILES string of the molecule is Cc1nc2ccc(C(=O)Nc3ccc(C(=O)c4nccn4C)cc3)cc2nc1C. The number of ketones is 1. The molecule has 1 N–H and O–H groups in total. The van der Waals surface area contributed by atoms with E-state index in [0.29, 0.717) is 28.2 Å². The summed E-state index contributed by atoms with van der Waals surface area (Å²) in [6.07, 6.45) is 3.30. The number of aromatic nitrogens is 4. The average molecular weight is 385 g/mol. The van der Waals surface area contributed by atoms with E-state index in [1.807, 2.05) is 13.8 Å². The van der Waals surface area contributed by atoms with E-state index >= 15 is 0 Å². The number of carbonyl (C=O) groups is 2. The minimum Gasteiger partial charge on any atom is -0.331 e. The van der Waals surface area contributed by atoms with Crippen molar-refractivity contribution < 1.29 is 9.59 Å². The van der Waals surface area contributed by atoms with Crippen LogP contribution in [-0.2, 0) is 7.05 Å². The fraction of sp³-hybridized carbons (Fsp3) is 0.136. The lowest BCUT2D eigenvalue weighted by molar-refractivity contribution is 0.102. The van der Waals surface area contributed by atoms with Gasteiger partial charge in [-0.2, -0.15) is 0 Å². The number of imidazole rings is 1. The predicted octanol–water partition coefficient (Wildman–Crippen LogP) is 3.46. The second-order valence-corrected chi connectivity index (χ2v) is 6.82. The molecule has 2 aromatic heterocycles. The van der Waals surface area contributed by atoms with E-state index in [2.05, 4.69) is 20.3 Å². The summed E-state index contributed by atoms with van der Waals surface area (Å²) < 4.78 is 1.67. The van der Waals surface area contributed by atoms with Crippen LogP contribution in [0.3, 0.4) is 0 Å². The number of anilines is 1. The third-order valence-electron chi connectivity index (χ3n) is 4.77. The minimum absolute atomic E-state index is 0.172. The number of fused-ring (bicyclic) bond motifs is 1. The van der Waals surface area contributed by atoms with Crippen LogP contribution in [0.2, 0.25) is 0 Å². The molecule has 7 nitrogen and oxygen atoms in total. The molecule has 0 bridgehead atoms. The van der Waals surface area contributed by atoms with E-state index in [9.17, 15) is 9.59 Å². The van der Waals surface area contributed by atoms with Gasteiger partial charge >= 0.3 is 0 Å². The van der Waals surface area contributed by atoms with Gasteiger partial charge in [0.05, 0.1) is 22.4 Å². The molecule has 2 heterocycles. The molecule has 0 aliphatic heterocycles. The molecule has 0 unspecified atom stereocenters. The highest BCUT2D eigenvalue weighted by molar-refractivity contribution is 6.08. The van der Waals surface area contributed by atoms with Gasteiger partial charge in [0.2, 0.25) is 5.78 Å². The van der Waals surface area contributed by atoms with Crippen molar-refractivity contribution in [2.24, 2.45) is 7.05 Å². The van der Waals surface area contributed by atoms with Gasteiger partial charge < -0.3 is 9.88 Å². The molecule has 0 saturated carbocycles. The highest BCUT2D eigenvalue weighted by Gasteiger charge is 2.14. The van der Waals surface area contributed by atoms with E-state index in [1.54, 1.807) is 66.5 Å². The molecule has 4 rings (SSSR count). The maximum atomic E-state index is 12.6. The van der Waals surface area contributed by atoms with Gasteiger partial charge in [-0.15, -0.1) is 0 Å². The zero-order valence-corrected chi connectivity index (χ0v) is 16.3. The third kappa shape index (κ3) is 3.62. The first kappa shape index (κ1) is 18.5. The van der Waals surface area contributed by atoms with Gasteiger partial charge in [0.25, 0.3) is 5.91 Å². The summed E-state index contributed by atoms with van der Waals surface area (Å²) >= 11 is 0. The van der Waals surface area contributed by atoms with Crippen LogP contribution in [-0.4, -0.2) is 31.2 Å². The van der Waals surface area contributed by atoms with Gasteiger partial charge in [0, 0.05) is 36.3 Å². The lowest BCUT2D eigenvalue weighted by atomic mass is 10.1. The number of benzene rings is 2. The van der Waals surface area contributed by atoms with E-state index in [1.165, 1.54) is 0 Å². The highest BCUT2D eigenvalue weighted by Crippen LogP contribution is 2.17. The zero-order chi connectivity index (χ0) is 20.5. The lowest BCUT2D eigenvalue weighted by Gasteiger charge is -2.08. The summed E-state index contributed by atoms with van der Waals surface area (Å²) in [6.45, 7) is 3.80. The van der Waals surface area contributed by atoms with Gasteiger partial charge in [0.1, 0.15) is 0 Å². The van der Waals surface area contributed by atoms with Crippen molar-refractivity contribution in [3.8, 4) is 0 Å². The molecule has 0 radical (unpaired) electrons. The summed E-state index contributed by atoms with van der Waals surface area (Å²) in [5.74, 6) is -0.0613. The number of amides is 1. The van der Waals surface area contributed by atoms with Gasteiger partial charge in [0.15, 0.2) is 5.82 Å². The number of aryl methyl sites for hydroxylation is 3. The number of hydrogen-bond acceptors (Lipinski definition) is 5. The van der Waals surface area contributed by atoms with Crippen molar-refractivity contribution in [1.29, 1.82) is 0 Å². The van der Waals surface area contributed by atoms with Crippen LogP contribution in [0, 0.1) is 13.8 Å². The van der Waals surface area contributed by atoms with Crippen molar-refractivity contribution in [3.05, 3.63) is 83.2 Å². The molecule has 144 valence electrons. The topological polar surface area (TPSA) is 89.8 Å². The molecule has 4 aromatic rings. The Hall–Kier alpha value is -3.87. The van der Waals surface area contributed by atoms with Gasteiger partial charge in [-0.1, -0.05) is 0 Å². The first-order valence-corrected chi connectivity index (χ1v) is 9.11. The summed E-state index contributed by atoms with van der Waals surface area (Å²) in [4.78, 5) is 38.1. The lowest BCUT2D eigenvalue weighted by Crippen LogP contribution is -2.13. The average Bonchev–Trinajstić information content (AvgIpc) is 3.14. The Labute approximate surface area is 167 Å². The molecule has 0 aliphatic rings. The smallest absolute Gasteiger partial charge is 0.255 e. The van der Waals surface area contributed by atoms with Crippen LogP contribution in [0.1, 0.15) is 37.9 Å². The van der Waals surface area contributed by atoms with Crippen molar-refractivity contribution >= 4 is 28.4 Å². The van der Waals surface area contributed by atoms with Gasteiger partial charge in [-0.3, -0.25) is 9.59 Å². The number of hydrogen-bond donors (Lipinski definition) is 1. The standard InChI is InChI=1S/C22H19N5O2/c1-13-14(2)25-19-12-16(6-9-18(19)24-13)22(29)26-17-7-4-15(5-8-17)20(28)21-23-10-11-27(21)3/h4-12H,1-3H3,(H,26,29). The van der Waals surface area contributed by atoms with Gasteiger partial charge in [-0.25, -0.2) is 15.0 Å². The predicted molar refractivity (Wildman–Crippen MR) is 110 cm³/mol. The van der Waals surface area contributed by atoms with E-state index in [4.69, 9.17) is 0 Å². The normalized spacial score (nSPS) is 10.9. The van der Waals surface area contributed by atoms with Crippen molar-refractivity contribution in [2.75, 3.05) is 5.32 Å². The summed E-state index contributed by atoms with van der Waals surface area (Å²) in [5.41, 5.74) is 4.72. The molecule has 7 heteroatoms. The molecule has 1 amide bonds. The van der Waals surface area contributed by atoms with Crippen molar-refractivity contribution in [2.45, 2.75) is 13.8 Å². The largest absolute Gasteiger partial charge is 0.331 e. The molecule has 0 aliphatic carbocycles. The Morgan fingerprint density at radius 2 is 1.55 bits per heavy atom. The number of carbonyl (C=O) groups excluding carboxylic acids is 2. The van der Waals surface area contributed by atoms with Crippen LogP contribution in [0.4, 0.5) is 5.69 Å². The molecule has 0 fully saturated rings. The maximum Gasteiger partial charge on any atom is 0.255 e. The maximum absolute atomic E-state index is 12.6. The second kappa shape index (κ2) is 7.27. The van der Waals surface area contributed by atoms with Crippen LogP contribution >= 0.6 is 0 Å². The molecule has 29 heavy (non-hydrogen) atoms. The van der Waals surface area contributed by atoms with Crippen molar-refractivity contribution in [3.63, 3.8) is 0 Å². The fourth-order valence-corrected chi connectivity index (χ4v) is 2.99. The molecule has 0 atom stereocenters. The van der Waals surface area contributed by atoms with Crippen molar-refractivity contribution in [1.82, 2.24) is 19.5 Å². The van der Waals surface area contributed by atoms with Crippen LogP contribution in [0.15, 0.2) is 54.9 Å². The van der Waals surface area contributed by atoms with Crippen LogP contribution < -0.4 is 5.32 Å². The summed E-state index contributed by atoms with van der Waals surface area (Å²) in [5, 5.41) is 2.84. The second-order valence-electron chi connectivity index (χ2n) is 6.82. The summed E-state index contributed by atoms with van der Waals surface area (Å²) in [6, 6.07) is 12.0. The third-order valence-corrected chi connectivity index (χ3v) is 4.77. The quantitative estimate of drug-likeness (QED) is 0.543. The number of nitrogens with zero attached hydrogens (tertiary/aromatic N) is 4. The van der Waals surface area contributed by atoms with Gasteiger partial charge in [-0.05, 0) is 56.3 Å². The minimum atomic E-state index is -0.255. The molecular formula is C22H19N5O2. The van der Waals surface area contributed by atoms with E-state index < -0.39 is 0 Å². The van der Waals surface area contributed by atoms with E-state index in [-0.39, 0.29) is 11.7 Å². The Balaban J connectivity index is 1.52. The zero-order valence-electron chi connectivity index (χ0n) is 16.3. The first-order valence-electron chi connectivity index (χ1n) is 9.11. The van der Waals surface area contributed by atoms with Crippen LogP contribution in [0.5, 0.6) is 0 Å². The fourth-order valence-electron chi connectivity index (χ4n) is 2.99. The number of nitrogens with one attached hydrogen (secondary N) is 1. The first-order chi connectivity index (χ1) is 13.9. The Morgan fingerprint density at radius 3 is 2.21 bits per heavy atom. The number of rotatable bonds is 4. The van der Waals surface area contributed by atoms with E-state index in [0.717, 1.165) is 16.9 Å². The van der Waals surface area contributed by atoms with Crippen LogP contribution in [0.25, 0.3) is 11.0 Å². The Morgan fingerprint density at radius 1 is 0.897 bits per heavy atom. The molecule has 2 aromatic carbocycles. The molecule has 0 saturated heterocycles. The molecular weight excluding hydrogens is 366 g/mol. The summed E-state index contributed by atoms with van der Waals surface area (Å²) in [7, 11) is 1.77. The highest BCUT2D eigenvalue weighted by atomic mass is 16.1. The monoisotopic (exact) mass is 385 g/mol. The Bertz CT molecular complexity index is 1240.